The van der Waals surface area contributed by atoms with Gasteiger partial charge in [-0.05, 0) is 32.3 Å². The first-order valence-electron chi connectivity index (χ1n) is 4.95. The van der Waals surface area contributed by atoms with E-state index >= 15 is 0 Å². The number of rotatable bonds is 5. The molecule has 1 aromatic heterocycles. The third-order valence-corrected chi connectivity index (χ3v) is 2.65. The Labute approximate surface area is 93.9 Å². The van der Waals surface area contributed by atoms with Gasteiger partial charge in [-0.3, -0.25) is 4.79 Å². The summed E-state index contributed by atoms with van der Waals surface area (Å²) >= 11 is 1.82. The number of hydrogen-bond acceptors (Lipinski definition) is 4. The molecule has 1 aromatic rings. The highest BCUT2D eigenvalue weighted by atomic mass is 32.2. The van der Waals surface area contributed by atoms with Crippen LogP contribution in [-0.4, -0.2) is 28.0 Å². The van der Waals surface area contributed by atoms with Crippen LogP contribution in [0.4, 0.5) is 5.82 Å². The average molecular weight is 227 g/mol. The second kappa shape index (κ2) is 5.80. The lowest BCUT2D eigenvalue weighted by atomic mass is 10.2. The number of nitrogens with one attached hydrogen (secondary N) is 2. The molecule has 0 aromatic carbocycles. The van der Waals surface area contributed by atoms with Gasteiger partial charge < -0.3 is 10.3 Å². The Morgan fingerprint density at radius 1 is 1.67 bits per heavy atom. The maximum atomic E-state index is 11.2. The van der Waals surface area contributed by atoms with Gasteiger partial charge >= 0.3 is 0 Å². The zero-order valence-electron chi connectivity index (χ0n) is 9.33. The van der Waals surface area contributed by atoms with E-state index in [0.29, 0.717) is 17.7 Å². The lowest BCUT2D eigenvalue weighted by molar-refractivity contribution is 0.764. The van der Waals surface area contributed by atoms with Crippen molar-refractivity contribution >= 4 is 17.6 Å². The fraction of sp³-hybridized carbons (Fsp3) is 0.600. The third-order valence-electron chi connectivity index (χ3n) is 2.01. The number of H-pyrrole nitrogens is 1. The van der Waals surface area contributed by atoms with Crippen molar-refractivity contribution in [1.29, 1.82) is 0 Å². The topological polar surface area (TPSA) is 57.8 Å². The minimum absolute atomic E-state index is 0.109. The Bertz CT molecular complexity index is 364. The van der Waals surface area contributed by atoms with Crippen molar-refractivity contribution in [3.8, 4) is 0 Å². The van der Waals surface area contributed by atoms with E-state index in [4.69, 9.17) is 0 Å². The highest BCUT2D eigenvalue weighted by Gasteiger charge is 2.03. The van der Waals surface area contributed by atoms with Gasteiger partial charge in [0, 0.05) is 12.1 Å². The van der Waals surface area contributed by atoms with Crippen LogP contribution < -0.4 is 10.9 Å². The fourth-order valence-electron chi connectivity index (χ4n) is 1.27. The second-order valence-electron chi connectivity index (χ2n) is 3.54. The minimum atomic E-state index is -0.109. The zero-order chi connectivity index (χ0) is 11.3. The number of nitrogens with zero attached hydrogens (tertiary/aromatic N) is 1. The molecule has 1 rings (SSSR count). The number of anilines is 1. The van der Waals surface area contributed by atoms with E-state index in [-0.39, 0.29) is 5.56 Å². The van der Waals surface area contributed by atoms with Crippen LogP contribution in [0.3, 0.4) is 0 Å². The molecule has 84 valence electrons. The number of aryl methyl sites for hydroxylation is 1. The van der Waals surface area contributed by atoms with Gasteiger partial charge in [-0.15, -0.1) is 0 Å². The molecule has 0 aliphatic rings. The Balaban J connectivity index is 2.60. The van der Waals surface area contributed by atoms with Gasteiger partial charge in [-0.25, -0.2) is 4.98 Å². The quantitative estimate of drug-likeness (QED) is 0.802. The van der Waals surface area contributed by atoms with E-state index in [1.165, 1.54) is 6.07 Å². The normalized spacial score (nSPS) is 12.5. The van der Waals surface area contributed by atoms with Gasteiger partial charge in [0.15, 0.2) is 0 Å². The van der Waals surface area contributed by atoms with E-state index < -0.39 is 0 Å². The van der Waals surface area contributed by atoms with E-state index in [9.17, 15) is 4.79 Å². The molecule has 0 saturated carbocycles. The average Bonchev–Trinajstić information content (AvgIpc) is 2.13. The summed E-state index contributed by atoms with van der Waals surface area (Å²) in [6.45, 7) is 3.87. The summed E-state index contributed by atoms with van der Waals surface area (Å²) in [6, 6.07) is 1.83. The summed E-state index contributed by atoms with van der Waals surface area (Å²) in [5.41, 5.74) is -0.109. The van der Waals surface area contributed by atoms with Crippen molar-refractivity contribution in [3.63, 3.8) is 0 Å². The van der Waals surface area contributed by atoms with Gasteiger partial charge in [0.25, 0.3) is 5.56 Å². The molecule has 5 heteroatoms. The summed E-state index contributed by atoms with van der Waals surface area (Å²) in [7, 11) is 0. The predicted octanol–water partition coefficient (Wildman–Crippen LogP) is 1.63. The summed E-state index contributed by atoms with van der Waals surface area (Å²) in [4.78, 5) is 18.0. The summed E-state index contributed by atoms with van der Waals surface area (Å²) in [5, 5.41) is 3.21. The molecule has 0 aliphatic carbocycles. The van der Waals surface area contributed by atoms with Gasteiger partial charge in [0.1, 0.15) is 11.6 Å². The SMILES string of the molecule is CSCCC(C)Nc1cc(=O)[nH]c(C)n1. The summed E-state index contributed by atoms with van der Waals surface area (Å²) in [6.07, 6.45) is 3.15. The molecule has 0 saturated heterocycles. The van der Waals surface area contributed by atoms with Crippen molar-refractivity contribution in [2.24, 2.45) is 0 Å². The van der Waals surface area contributed by atoms with Crippen molar-refractivity contribution in [2.45, 2.75) is 26.3 Å². The molecule has 0 amide bonds. The lowest BCUT2D eigenvalue weighted by Crippen LogP contribution is -2.19. The Morgan fingerprint density at radius 3 is 3.00 bits per heavy atom. The standard InChI is InChI=1S/C10H17N3OS/c1-7(4-5-15-3)11-9-6-10(14)13-8(2)12-9/h6-7H,4-5H2,1-3H3,(H2,11,12,13,14). The highest BCUT2D eigenvalue weighted by molar-refractivity contribution is 7.98. The fourth-order valence-corrected chi connectivity index (χ4v) is 1.86. The molecule has 1 heterocycles. The second-order valence-corrected chi connectivity index (χ2v) is 4.53. The van der Waals surface area contributed by atoms with Crippen LogP contribution in [-0.2, 0) is 0 Å². The molecule has 0 bridgehead atoms. The molecular formula is C10H17N3OS. The first-order chi connectivity index (χ1) is 7.11. The smallest absolute Gasteiger partial charge is 0.252 e. The largest absolute Gasteiger partial charge is 0.367 e. The number of hydrogen-bond donors (Lipinski definition) is 2. The Hall–Kier alpha value is -0.970. The van der Waals surface area contributed by atoms with E-state index in [1.54, 1.807) is 6.92 Å². The maximum Gasteiger partial charge on any atom is 0.252 e. The molecule has 15 heavy (non-hydrogen) atoms. The van der Waals surface area contributed by atoms with Crippen LogP contribution in [0.15, 0.2) is 10.9 Å². The van der Waals surface area contributed by atoms with Crippen LogP contribution in [0.25, 0.3) is 0 Å². The van der Waals surface area contributed by atoms with E-state index in [0.717, 1.165) is 12.2 Å². The molecule has 0 fully saturated rings. The van der Waals surface area contributed by atoms with Crippen molar-refractivity contribution in [1.82, 2.24) is 9.97 Å². The van der Waals surface area contributed by atoms with E-state index in [1.807, 2.05) is 11.8 Å². The molecule has 0 spiro atoms. The van der Waals surface area contributed by atoms with Crippen LogP contribution in [0.1, 0.15) is 19.2 Å². The molecule has 0 aliphatic heterocycles. The van der Waals surface area contributed by atoms with E-state index in [2.05, 4.69) is 28.5 Å². The van der Waals surface area contributed by atoms with Crippen LogP contribution in [0.5, 0.6) is 0 Å². The number of aromatic nitrogens is 2. The Kier molecular flexibility index (Phi) is 4.68. The molecule has 2 N–H and O–H groups in total. The molecular weight excluding hydrogens is 210 g/mol. The molecule has 4 nitrogen and oxygen atoms in total. The first kappa shape index (κ1) is 12.1. The van der Waals surface area contributed by atoms with Crippen LogP contribution in [0.2, 0.25) is 0 Å². The maximum absolute atomic E-state index is 11.2. The molecule has 1 atom stereocenters. The minimum Gasteiger partial charge on any atom is -0.367 e. The zero-order valence-corrected chi connectivity index (χ0v) is 10.1. The lowest BCUT2D eigenvalue weighted by Gasteiger charge is -2.13. The van der Waals surface area contributed by atoms with Gasteiger partial charge in [-0.2, -0.15) is 11.8 Å². The predicted molar refractivity (Wildman–Crippen MR) is 65.7 cm³/mol. The monoisotopic (exact) mass is 227 g/mol. The summed E-state index contributed by atoms with van der Waals surface area (Å²) < 4.78 is 0. The third kappa shape index (κ3) is 4.38. The van der Waals surface area contributed by atoms with Gasteiger partial charge in [-0.1, -0.05) is 0 Å². The number of thioether (sulfide) groups is 1. The van der Waals surface area contributed by atoms with Gasteiger partial charge in [0.2, 0.25) is 0 Å². The van der Waals surface area contributed by atoms with Crippen molar-refractivity contribution in [3.05, 3.63) is 22.2 Å². The molecule has 1 unspecified atom stereocenters. The highest BCUT2D eigenvalue weighted by Crippen LogP contribution is 2.06. The summed E-state index contributed by atoms with van der Waals surface area (Å²) in [5.74, 6) is 2.41. The Morgan fingerprint density at radius 2 is 2.40 bits per heavy atom. The van der Waals surface area contributed by atoms with Crippen LogP contribution >= 0.6 is 11.8 Å². The number of aromatic amines is 1. The van der Waals surface area contributed by atoms with Crippen molar-refractivity contribution in [2.75, 3.05) is 17.3 Å². The van der Waals surface area contributed by atoms with Gasteiger partial charge in [0.05, 0.1) is 0 Å². The first-order valence-corrected chi connectivity index (χ1v) is 6.34. The molecule has 0 radical (unpaired) electrons. The van der Waals surface area contributed by atoms with Crippen molar-refractivity contribution < 1.29 is 0 Å². The van der Waals surface area contributed by atoms with Crippen LogP contribution in [0, 0.1) is 6.92 Å².